The van der Waals surface area contributed by atoms with Crippen molar-refractivity contribution in [1.29, 1.82) is 5.53 Å². The van der Waals surface area contributed by atoms with Crippen LogP contribution in [0.15, 0.2) is 50.7 Å². The van der Waals surface area contributed by atoms with E-state index in [9.17, 15) is 16.8 Å². The summed E-state index contributed by atoms with van der Waals surface area (Å²) in [5, 5.41) is 11.7. The van der Waals surface area contributed by atoms with Crippen molar-refractivity contribution < 1.29 is 16.8 Å². The van der Waals surface area contributed by atoms with Gasteiger partial charge in [0, 0.05) is 19.0 Å². The van der Waals surface area contributed by atoms with E-state index in [2.05, 4.69) is 15.3 Å². The quantitative estimate of drug-likeness (QED) is 0.268. The average Bonchev–Trinajstić information content (AvgIpc) is 2.65. The molecule has 29 heavy (non-hydrogen) atoms. The average molecular weight is 438 g/mol. The smallest absolute Gasteiger partial charge is 0.240 e. The number of anilines is 2. The Morgan fingerprint density at radius 1 is 1.21 bits per heavy atom. The van der Waals surface area contributed by atoms with Crippen molar-refractivity contribution in [1.82, 2.24) is 4.98 Å². The summed E-state index contributed by atoms with van der Waals surface area (Å²) >= 11 is 0. The largest absolute Gasteiger partial charge is 0.382 e. The number of hydrogen-bond donors (Lipinski definition) is 3. The maximum absolute atomic E-state index is 12.4. The predicted molar refractivity (Wildman–Crippen MR) is 106 cm³/mol. The van der Waals surface area contributed by atoms with Crippen molar-refractivity contribution in [2.45, 2.75) is 22.6 Å². The van der Waals surface area contributed by atoms with Crippen molar-refractivity contribution in [2.24, 2.45) is 21.2 Å². The van der Waals surface area contributed by atoms with E-state index in [0.29, 0.717) is 6.54 Å². The van der Waals surface area contributed by atoms with Gasteiger partial charge in [-0.25, -0.2) is 22.0 Å². The number of sulfone groups is 1. The molecule has 2 aromatic rings. The lowest BCUT2D eigenvalue weighted by Gasteiger charge is -2.33. The van der Waals surface area contributed by atoms with Gasteiger partial charge < -0.3 is 10.6 Å². The summed E-state index contributed by atoms with van der Waals surface area (Å²) in [6.45, 7) is 0.499. The molecule has 0 bridgehead atoms. The van der Waals surface area contributed by atoms with Crippen LogP contribution in [-0.4, -0.2) is 40.5 Å². The number of pyridine rings is 1. The van der Waals surface area contributed by atoms with Gasteiger partial charge in [-0.05, 0) is 36.6 Å². The summed E-state index contributed by atoms with van der Waals surface area (Å²) in [4.78, 5) is 4.70. The zero-order valence-corrected chi connectivity index (χ0v) is 17.0. The second-order valence-corrected chi connectivity index (χ2v) is 9.93. The molecular weight excluding hydrogens is 418 g/mol. The first-order chi connectivity index (χ1) is 13.6. The number of aryl methyl sites for hydroxylation is 1. The minimum Gasteiger partial charge on any atom is -0.382 e. The van der Waals surface area contributed by atoms with Gasteiger partial charge >= 0.3 is 0 Å². The second kappa shape index (κ2) is 7.50. The second-order valence-electron chi connectivity index (χ2n) is 6.45. The van der Waals surface area contributed by atoms with Crippen molar-refractivity contribution in [3.63, 3.8) is 0 Å². The van der Waals surface area contributed by atoms with E-state index >= 15 is 0 Å². The molecule has 0 saturated heterocycles. The predicted octanol–water partition coefficient (Wildman–Crippen LogP) is 0.868. The minimum atomic E-state index is -4.53. The maximum atomic E-state index is 12.4. The number of rotatable bonds is 5. The first kappa shape index (κ1) is 20.8. The molecule has 154 valence electrons. The van der Waals surface area contributed by atoms with Crippen LogP contribution in [0.2, 0.25) is 0 Å². The van der Waals surface area contributed by atoms with Crippen LogP contribution in [0.3, 0.4) is 0 Å². The molecule has 11 nitrogen and oxygen atoms in total. The number of nitrogens with two attached hydrogens (primary N) is 2. The fourth-order valence-electron chi connectivity index (χ4n) is 3.37. The molecule has 0 spiro atoms. The summed E-state index contributed by atoms with van der Waals surface area (Å²) in [6, 6.07) is 4.46. The lowest BCUT2D eigenvalue weighted by molar-refractivity contribution is 0.586. The van der Waals surface area contributed by atoms with Crippen LogP contribution in [0.1, 0.15) is 17.5 Å². The van der Waals surface area contributed by atoms with Gasteiger partial charge in [0.1, 0.15) is 4.90 Å². The SMILES string of the molecule is CS(=O)(=O)c1ccc(N2CCCc3ccncc32)c(/C(N)=N/N=N)c1S(N)(=O)=O. The number of sulfonamides is 1. The fraction of sp³-hybridized carbons (Fsp3) is 0.250. The van der Waals surface area contributed by atoms with Crippen LogP contribution in [0.5, 0.6) is 0 Å². The number of fused-ring (bicyclic) bond motifs is 1. The van der Waals surface area contributed by atoms with Gasteiger partial charge in [0.05, 0.1) is 28.0 Å². The molecule has 2 heterocycles. The van der Waals surface area contributed by atoms with E-state index in [1.54, 1.807) is 17.3 Å². The molecule has 0 fully saturated rings. The number of nitrogens with one attached hydrogen (secondary N) is 1. The molecule has 13 heteroatoms. The summed E-state index contributed by atoms with van der Waals surface area (Å²) in [6.07, 6.45) is 5.71. The highest BCUT2D eigenvalue weighted by atomic mass is 32.2. The van der Waals surface area contributed by atoms with E-state index in [1.807, 2.05) is 6.07 Å². The van der Waals surface area contributed by atoms with E-state index < -0.39 is 35.5 Å². The molecule has 1 aromatic carbocycles. The van der Waals surface area contributed by atoms with E-state index in [1.165, 1.54) is 12.1 Å². The molecule has 3 rings (SSSR count). The van der Waals surface area contributed by atoms with Crippen LogP contribution >= 0.6 is 0 Å². The van der Waals surface area contributed by atoms with Gasteiger partial charge in [0.2, 0.25) is 10.0 Å². The molecule has 0 radical (unpaired) electrons. The maximum Gasteiger partial charge on any atom is 0.240 e. The third kappa shape index (κ3) is 3.97. The molecule has 0 saturated carbocycles. The monoisotopic (exact) mass is 437 g/mol. The first-order valence-corrected chi connectivity index (χ1v) is 11.8. The zero-order valence-electron chi connectivity index (χ0n) is 15.4. The lowest BCUT2D eigenvalue weighted by atomic mass is 10.0. The summed E-state index contributed by atoms with van der Waals surface area (Å²) in [7, 11) is -8.51. The van der Waals surface area contributed by atoms with E-state index in [4.69, 9.17) is 16.4 Å². The van der Waals surface area contributed by atoms with Gasteiger partial charge in [-0.1, -0.05) is 5.22 Å². The van der Waals surface area contributed by atoms with Crippen molar-refractivity contribution in [3.8, 4) is 0 Å². The third-order valence-electron chi connectivity index (χ3n) is 4.49. The number of nitrogens with zero attached hydrogens (tertiary/aromatic N) is 4. The van der Waals surface area contributed by atoms with E-state index in [0.717, 1.165) is 30.3 Å². The molecular formula is C16H19N7O4S2. The van der Waals surface area contributed by atoms with Gasteiger partial charge in [0.25, 0.3) is 0 Å². The summed E-state index contributed by atoms with van der Waals surface area (Å²) in [5.74, 6) is -0.444. The van der Waals surface area contributed by atoms with Gasteiger partial charge in [-0.15, -0.1) is 5.10 Å². The number of benzene rings is 1. The Balaban J connectivity index is 2.44. The summed E-state index contributed by atoms with van der Waals surface area (Å²) in [5.41, 5.74) is 14.6. The molecule has 1 aliphatic heterocycles. The molecule has 1 aromatic heterocycles. The van der Waals surface area contributed by atoms with Crippen molar-refractivity contribution in [3.05, 3.63) is 41.7 Å². The Bertz CT molecular complexity index is 1220. The lowest BCUT2D eigenvalue weighted by Crippen LogP contribution is -2.30. The Kier molecular flexibility index (Phi) is 5.38. The minimum absolute atomic E-state index is 0.219. The van der Waals surface area contributed by atoms with Crippen LogP contribution in [0, 0.1) is 5.53 Å². The van der Waals surface area contributed by atoms with Crippen LogP contribution in [0.4, 0.5) is 11.4 Å². The molecule has 0 unspecified atom stereocenters. The fourth-order valence-corrected chi connectivity index (χ4v) is 5.77. The Morgan fingerprint density at radius 2 is 1.93 bits per heavy atom. The van der Waals surface area contributed by atoms with Crippen LogP contribution < -0.4 is 15.8 Å². The number of hydrogen-bond acceptors (Lipinski definition) is 8. The zero-order chi connectivity index (χ0) is 21.4. The van der Waals surface area contributed by atoms with Crippen LogP contribution in [-0.2, 0) is 26.3 Å². The van der Waals surface area contributed by atoms with E-state index in [-0.39, 0.29) is 11.3 Å². The number of primary sulfonamides is 1. The molecule has 0 aliphatic carbocycles. The third-order valence-corrected chi connectivity index (χ3v) is 6.76. The van der Waals surface area contributed by atoms with Gasteiger partial charge in [-0.3, -0.25) is 4.98 Å². The normalized spacial score (nSPS) is 15.1. The Labute approximate surface area is 167 Å². The molecule has 0 amide bonds. The van der Waals surface area contributed by atoms with Crippen molar-refractivity contribution in [2.75, 3.05) is 17.7 Å². The number of aromatic nitrogens is 1. The first-order valence-electron chi connectivity index (χ1n) is 8.36. The Hall–Kier alpha value is -2.90. The number of amidine groups is 1. The Morgan fingerprint density at radius 3 is 2.55 bits per heavy atom. The topological polar surface area (TPSA) is 185 Å². The molecule has 5 N–H and O–H groups in total. The van der Waals surface area contributed by atoms with Crippen LogP contribution in [0.25, 0.3) is 0 Å². The highest BCUT2D eigenvalue weighted by Gasteiger charge is 2.32. The highest BCUT2D eigenvalue weighted by Crippen LogP contribution is 2.38. The highest BCUT2D eigenvalue weighted by molar-refractivity contribution is 7.93. The molecule has 1 aliphatic rings. The van der Waals surface area contributed by atoms with Gasteiger partial charge in [-0.2, -0.15) is 5.53 Å². The van der Waals surface area contributed by atoms with Gasteiger partial charge in [0.15, 0.2) is 15.7 Å². The standard InChI is InChI=1S/C16H19N7O4S2/c1-28(24,25)13-5-4-11(14(16(17)21-22-18)15(13)29(19,26)27)23-8-2-3-10-6-7-20-9-12(10)23/h4-7,9H,2-3,8H2,1H3,(H3,17,18,21)(H2,19,26,27). The molecule has 0 atom stereocenters. The van der Waals surface area contributed by atoms with Crippen molar-refractivity contribution >= 4 is 37.1 Å². The summed E-state index contributed by atoms with van der Waals surface area (Å²) < 4.78 is 49.3.